The third-order valence-electron chi connectivity index (χ3n) is 13.0. The van der Waals surface area contributed by atoms with Crippen LogP contribution in [0, 0.1) is 0 Å². The fourth-order valence-corrected chi connectivity index (χ4v) is 10.9. The number of aryl methyl sites for hydroxylation is 2. The summed E-state index contributed by atoms with van der Waals surface area (Å²) in [7, 11) is 3.11. The Hall–Kier alpha value is -8.78. The van der Waals surface area contributed by atoms with Crippen LogP contribution in [0.15, 0.2) is 154 Å². The van der Waals surface area contributed by atoms with E-state index in [9.17, 15) is 30.0 Å². The Balaban J connectivity index is 0.944. The molecule has 2 amide bonds. The molecule has 0 saturated carbocycles. The smallest absolute Gasteiger partial charge is 0.432 e. The number of aromatic nitrogens is 4. The zero-order valence-corrected chi connectivity index (χ0v) is 51.0. The van der Waals surface area contributed by atoms with Crippen molar-refractivity contribution in [3.63, 3.8) is 0 Å². The number of hydrogen-bond acceptors (Lipinski definition) is 20. The van der Waals surface area contributed by atoms with Crippen molar-refractivity contribution < 1.29 is 48.9 Å². The standard InChI is InChI=1S/C62H72N14O8S2/c1-39(77)33-73(34-40(2)78)61-71-75(37-47-15-11-9-12-16-47)59(85-61)69-67-53-31-57(83-7)55(29-51(53)63-43(5)81)65-49-25-21-45(22-26-49)19-20-46-23-27-50(28-24-46)66-56-30-52(64-44(6)82)54(32-58(56)84-8)68-70-60-76(38-48-17-13-10-14-18-48)72-62(86-60)74(35-41(3)79)36-42(4)80/h9-18,21-32,39-42,77-80H,19-20,33-38H2,1-8H3,(H2,63,64,65,66,81,82)/p+2. The van der Waals surface area contributed by atoms with Gasteiger partial charge in [0.1, 0.15) is 36.0 Å². The highest BCUT2D eigenvalue weighted by Crippen LogP contribution is 2.41. The first-order valence-corrected chi connectivity index (χ1v) is 29.7. The summed E-state index contributed by atoms with van der Waals surface area (Å²) < 4.78 is 15.1. The molecule has 24 heteroatoms. The lowest BCUT2D eigenvalue weighted by Crippen LogP contribution is -2.40. The number of amides is 2. The summed E-state index contributed by atoms with van der Waals surface area (Å²) in [5, 5.41) is 84.0. The van der Waals surface area contributed by atoms with E-state index in [1.165, 1.54) is 36.5 Å². The van der Waals surface area contributed by atoms with Crippen LogP contribution in [-0.2, 0) is 35.5 Å². The summed E-state index contributed by atoms with van der Waals surface area (Å²) in [6, 6.07) is 42.7. The van der Waals surface area contributed by atoms with Gasteiger partial charge in [-0.25, -0.2) is 0 Å². The third-order valence-corrected chi connectivity index (χ3v) is 15.0. The van der Waals surface area contributed by atoms with Crippen LogP contribution in [0.4, 0.5) is 66.0 Å². The molecule has 0 saturated heterocycles. The Morgan fingerprint density at radius 1 is 0.500 bits per heavy atom. The Bertz CT molecular complexity index is 3330. The molecule has 2 aromatic heterocycles. The van der Waals surface area contributed by atoms with Crippen LogP contribution < -0.4 is 49.9 Å². The molecule has 2 heterocycles. The van der Waals surface area contributed by atoms with Crippen molar-refractivity contribution in [1.29, 1.82) is 0 Å². The molecular formula is C62H74N14O8S2+2. The van der Waals surface area contributed by atoms with Gasteiger partial charge in [0.05, 0.1) is 71.6 Å². The number of carbonyl (C=O) groups excluding carboxylic acids is 2. The van der Waals surface area contributed by atoms with Gasteiger partial charge in [0.25, 0.3) is 0 Å². The van der Waals surface area contributed by atoms with Crippen molar-refractivity contribution in [2.75, 3.05) is 71.5 Å². The molecule has 0 aliphatic rings. The number of benzene rings is 6. The van der Waals surface area contributed by atoms with Crippen molar-refractivity contribution in [2.45, 2.75) is 91.9 Å². The monoisotopic (exact) mass is 1210 g/mol. The van der Waals surface area contributed by atoms with Crippen LogP contribution in [0.3, 0.4) is 0 Å². The van der Waals surface area contributed by atoms with E-state index in [1.807, 2.05) is 94.7 Å². The molecule has 0 spiro atoms. The number of hydrogen-bond donors (Lipinski definition) is 8. The first-order chi connectivity index (χ1) is 41.4. The maximum absolute atomic E-state index is 12.6. The van der Waals surface area contributed by atoms with Crippen LogP contribution in [-0.4, -0.2) is 107 Å². The highest BCUT2D eigenvalue weighted by Gasteiger charge is 2.28. The lowest BCUT2D eigenvalue weighted by molar-refractivity contribution is -0.728. The predicted octanol–water partition coefficient (Wildman–Crippen LogP) is 10.4. The number of rotatable bonds is 29. The Morgan fingerprint density at radius 3 is 1.16 bits per heavy atom. The molecule has 6 aromatic carbocycles. The number of azo groups is 2. The van der Waals surface area contributed by atoms with E-state index in [0.717, 1.165) is 46.5 Å². The van der Waals surface area contributed by atoms with Gasteiger partial charge in [-0.15, -0.1) is 9.36 Å². The number of ether oxygens (including phenoxy) is 2. The second kappa shape index (κ2) is 30.3. The fraction of sp³-hybridized carbons (Fsp3) is 0.323. The predicted molar refractivity (Wildman–Crippen MR) is 337 cm³/mol. The van der Waals surface area contributed by atoms with Gasteiger partial charge < -0.3 is 61.0 Å². The molecule has 0 aliphatic heterocycles. The van der Waals surface area contributed by atoms with Crippen molar-refractivity contribution in [3.05, 3.63) is 156 Å². The van der Waals surface area contributed by atoms with E-state index in [2.05, 4.69) is 66.0 Å². The zero-order chi connectivity index (χ0) is 61.3. The van der Waals surface area contributed by atoms with Crippen molar-refractivity contribution in [2.24, 2.45) is 20.5 Å². The van der Waals surface area contributed by atoms with Crippen LogP contribution in [0.2, 0.25) is 0 Å². The van der Waals surface area contributed by atoms with Gasteiger partial charge in [-0.05, 0) is 132 Å². The number of nitrogens with zero attached hydrogens (tertiary/aromatic N) is 10. The Labute approximate surface area is 508 Å². The largest absolute Gasteiger partial charge is 0.494 e. The molecule has 86 heavy (non-hydrogen) atoms. The van der Waals surface area contributed by atoms with E-state index >= 15 is 0 Å². The quantitative estimate of drug-likeness (QED) is 0.0160. The molecule has 0 bridgehead atoms. The average Bonchev–Trinajstić information content (AvgIpc) is 2.51. The maximum atomic E-state index is 12.6. The number of aliphatic hydroxyl groups is 4. The SMILES string of the molecule is COc1cc(N=Nc2sc(N(CC(C)O)CC(C)O)n[n+]2Cc2ccccc2)c(NC(C)=O)cc1Nc1ccc(CCc2ccc(Nc3cc(NC(C)=O)c(N=Nc4sc(N(CC(C)O)CC(C)O)n[n+]4Cc4ccccc4)cc3OC)cc2)cc1. The van der Waals surface area contributed by atoms with Gasteiger partial charge in [0, 0.05) is 63.5 Å². The molecule has 0 aliphatic carbocycles. The molecule has 22 nitrogen and oxygen atoms in total. The molecule has 0 fully saturated rings. The Morgan fingerprint density at radius 2 is 0.849 bits per heavy atom. The van der Waals surface area contributed by atoms with E-state index in [0.29, 0.717) is 79.2 Å². The molecule has 8 aromatic rings. The summed E-state index contributed by atoms with van der Waals surface area (Å²) >= 11 is 2.54. The van der Waals surface area contributed by atoms with Crippen LogP contribution in [0.1, 0.15) is 63.8 Å². The average molecular weight is 1210 g/mol. The summed E-state index contributed by atoms with van der Waals surface area (Å²) in [6.45, 7) is 11.4. The van der Waals surface area contributed by atoms with Crippen molar-refractivity contribution in [1.82, 2.24) is 10.2 Å². The van der Waals surface area contributed by atoms with Gasteiger partial charge in [0.2, 0.25) is 22.1 Å². The van der Waals surface area contributed by atoms with Crippen LogP contribution in [0.25, 0.3) is 0 Å². The topological polar surface area (TPSA) is 271 Å². The summed E-state index contributed by atoms with van der Waals surface area (Å²) in [4.78, 5) is 28.8. The van der Waals surface area contributed by atoms with Crippen molar-refractivity contribution >= 4 is 101 Å². The van der Waals surface area contributed by atoms with E-state index in [-0.39, 0.29) is 38.0 Å². The second-order valence-corrected chi connectivity index (χ2v) is 22.7. The van der Waals surface area contributed by atoms with Gasteiger partial charge in [-0.2, -0.15) is 0 Å². The number of anilines is 8. The highest BCUT2D eigenvalue weighted by atomic mass is 32.1. The molecule has 8 N–H and O–H groups in total. The molecule has 0 radical (unpaired) electrons. The normalized spacial score (nSPS) is 12.8. The minimum Gasteiger partial charge on any atom is -0.494 e. The van der Waals surface area contributed by atoms with Gasteiger partial charge in [-0.3, -0.25) is 9.59 Å². The van der Waals surface area contributed by atoms with Crippen molar-refractivity contribution in [3.8, 4) is 11.5 Å². The molecule has 4 unspecified atom stereocenters. The summed E-state index contributed by atoms with van der Waals surface area (Å²) in [5.74, 6) is 0.330. The van der Waals surface area contributed by atoms with E-state index < -0.39 is 24.4 Å². The number of aliphatic hydroxyl groups excluding tert-OH is 4. The van der Waals surface area contributed by atoms with Crippen LogP contribution >= 0.6 is 22.7 Å². The second-order valence-electron chi connectivity index (χ2n) is 20.9. The number of carbonyl (C=O) groups is 2. The first-order valence-electron chi connectivity index (χ1n) is 28.0. The lowest BCUT2D eigenvalue weighted by atomic mass is 10.0. The highest BCUT2D eigenvalue weighted by molar-refractivity contribution is 7.18. The van der Waals surface area contributed by atoms with E-state index in [1.54, 1.807) is 75.5 Å². The van der Waals surface area contributed by atoms with Gasteiger partial charge in [0.15, 0.2) is 0 Å². The van der Waals surface area contributed by atoms with Gasteiger partial charge in [-0.1, -0.05) is 95.1 Å². The molecule has 4 atom stereocenters. The first kappa shape index (κ1) is 63.2. The number of nitrogens with one attached hydrogen (secondary N) is 4. The summed E-state index contributed by atoms with van der Waals surface area (Å²) in [5.41, 5.74) is 8.51. The minimum absolute atomic E-state index is 0.254. The molecule has 450 valence electrons. The minimum atomic E-state index is -0.673. The number of methoxy groups -OCH3 is 2. The summed E-state index contributed by atoms with van der Waals surface area (Å²) in [6.07, 6.45) is -1.15. The van der Waals surface area contributed by atoms with Crippen LogP contribution in [0.5, 0.6) is 11.5 Å². The zero-order valence-electron chi connectivity index (χ0n) is 49.4. The fourth-order valence-electron chi connectivity index (χ4n) is 9.18. The van der Waals surface area contributed by atoms with Gasteiger partial charge >= 0.3 is 10.3 Å². The molecule has 8 rings (SSSR count). The molecular weight excluding hydrogens is 1130 g/mol. The maximum Gasteiger partial charge on any atom is 0.432 e. The van der Waals surface area contributed by atoms with E-state index in [4.69, 9.17) is 19.7 Å². The Kier molecular flexibility index (Phi) is 22.3. The lowest BCUT2D eigenvalue weighted by Gasteiger charge is -2.23. The third kappa shape index (κ3) is 18.4.